The number of hydrogen-bond donors (Lipinski definition) is 1. The average molecular weight is 246 g/mol. The van der Waals surface area contributed by atoms with Crippen molar-refractivity contribution in [3.8, 4) is 0 Å². The van der Waals surface area contributed by atoms with Crippen molar-refractivity contribution in [3.05, 3.63) is 35.6 Å². The lowest BCUT2D eigenvalue weighted by Crippen LogP contribution is -2.36. The van der Waals surface area contributed by atoms with Crippen molar-refractivity contribution in [1.82, 2.24) is 5.32 Å². The molecule has 1 rings (SSSR count). The number of hydrogen-bond acceptors (Lipinski definition) is 2. The number of likely N-dealkylation sites (N-methyl/N-ethyl adjacent to an activating group) is 1. The summed E-state index contributed by atoms with van der Waals surface area (Å²) < 4.78 is 12.9. The van der Waals surface area contributed by atoms with Gasteiger partial charge >= 0.3 is 0 Å². The van der Waals surface area contributed by atoms with Crippen LogP contribution >= 0.6 is 12.4 Å². The van der Waals surface area contributed by atoms with Crippen LogP contribution in [0.15, 0.2) is 24.3 Å². The van der Waals surface area contributed by atoms with Crippen molar-refractivity contribution in [1.29, 1.82) is 0 Å². The molecule has 2 nitrogen and oxygen atoms in total. The highest BCUT2D eigenvalue weighted by molar-refractivity contribution is 6.00. The van der Waals surface area contributed by atoms with Gasteiger partial charge in [0.05, 0.1) is 6.04 Å². The number of ketones is 1. The monoisotopic (exact) mass is 245 g/mol. The first kappa shape index (κ1) is 15.1. The first-order chi connectivity index (χ1) is 7.19. The second kappa shape index (κ2) is 7.36. The van der Waals surface area contributed by atoms with E-state index >= 15 is 0 Å². The number of rotatable bonds is 5. The summed E-state index contributed by atoms with van der Waals surface area (Å²) in [6.07, 6.45) is 0.711. The fourth-order valence-corrected chi connectivity index (χ4v) is 1.51. The molecule has 0 radical (unpaired) electrons. The zero-order valence-corrected chi connectivity index (χ0v) is 10.3. The van der Waals surface area contributed by atoms with Crippen LogP contribution in [0.25, 0.3) is 0 Å². The number of halogens is 2. The number of carbonyl (C=O) groups excluding carboxylic acids is 1. The Kier molecular flexibility index (Phi) is 6.93. The molecule has 0 aliphatic heterocycles. The van der Waals surface area contributed by atoms with Gasteiger partial charge in [0, 0.05) is 5.56 Å². The van der Waals surface area contributed by atoms with E-state index in [4.69, 9.17) is 0 Å². The molecular weight excluding hydrogens is 229 g/mol. The maximum absolute atomic E-state index is 12.9. The van der Waals surface area contributed by atoms with Crippen LogP contribution in [0.5, 0.6) is 0 Å². The second-order valence-corrected chi connectivity index (χ2v) is 3.39. The van der Waals surface area contributed by atoms with Crippen LogP contribution in [-0.2, 0) is 0 Å². The number of nitrogens with one attached hydrogen (secondary N) is 1. The van der Waals surface area contributed by atoms with Crippen molar-refractivity contribution in [2.75, 3.05) is 6.54 Å². The minimum absolute atomic E-state index is 0. The van der Waals surface area contributed by atoms with Gasteiger partial charge in [0.2, 0.25) is 0 Å². The molecule has 0 saturated heterocycles. The van der Waals surface area contributed by atoms with Gasteiger partial charge in [0.25, 0.3) is 0 Å². The van der Waals surface area contributed by atoms with E-state index in [9.17, 15) is 9.18 Å². The predicted molar refractivity (Wildman–Crippen MR) is 65.7 cm³/mol. The first-order valence-electron chi connectivity index (χ1n) is 5.22. The SMILES string of the molecule is CCNC(CC)C(=O)c1cccc(F)c1.Cl. The van der Waals surface area contributed by atoms with Gasteiger partial charge in [-0.15, -0.1) is 12.4 Å². The summed E-state index contributed by atoms with van der Waals surface area (Å²) in [5.74, 6) is -0.411. The summed E-state index contributed by atoms with van der Waals surface area (Å²) in [4.78, 5) is 11.9. The smallest absolute Gasteiger partial charge is 0.179 e. The number of Topliss-reactive ketones (excluding diaryl/α,β-unsaturated/α-hetero) is 1. The lowest BCUT2D eigenvalue weighted by molar-refractivity contribution is 0.0941. The molecule has 0 saturated carbocycles. The largest absolute Gasteiger partial charge is 0.307 e. The van der Waals surface area contributed by atoms with Crippen LogP contribution in [0, 0.1) is 5.82 Å². The van der Waals surface area contributed by atoms with E-state index in [1.807, 2.05) is 13.8 Å². The Bertz CT molecular complexity index is 344. The molecule has 1 atom stereocenters. The summed E-state index contributed by atoms with van der Waals surface area (Å²) in [6.45, 7) is 4.62. The van der Waals surface area contributed by atoms with Crippen molar-refractivity contribution < 1.29 is 9.18 Å². The molecule has 1 aromatic rings. The van der Waals surface area contributed by atoms with Crippen LogP contribution in [0.3, 0.4) is 0 Å². The van der Waals surface area contributed by atoms with Gasteiger partial charge in [-0.1, -0.05) is 26.0 Å². The van der Waals surface area contributed by atoms with Crippen LogP contribution in [0.2, 0.25) is 0 Å². The van der Waals surface area contributed by atoms with Gasteiger partial charge in [-0.3, -0.25) is 4.79 Å². The van der Waals surface area contributed by atoms with Gasteiger partial charge < -0.3 is 5.32 Å². The van der Waals surface area contributed by atoms with Crippen LogP contribution in [0.1, 0.15) is 30.6 Å². The summed E-state index contributed by atoms with van der Waals surface area (Å²) in [5.41, 5.74) is 0.433. The van der Waals surface area contributed by atoms with Crippen molar-refractivity contribution in [2.24, 2.45) is 0 Å². The van der Waals surface area contributed by atoms with E-state index in [0.29, 0.717) is 12.0 Å². The summed E-state index contributed by atoms with van der Waals surface area (Å²) >= 11 is 0. The maximum atomic E-state index is 12.9. The highest BCUT2D eigenvalue weighted by Crippen LogP contribution is 2.08. The van der Waals surface area contributed by atoms with Gasteiger partial charge in [-0.05, 0) is 25.1 Å². The van der Waals surface area contributed by atoms with E-state index in [2.05, 4.69) is 5.32 Å². The molecule has 0 amide bonds. The third-order valence-corrected chi connectivity index (χ3v) is 2.28. The molecule has 0 spiro atoms. The van der Waals surface area contributed by atoms with Crippen LogP contribution in [-0.4, -0.2) is 18.4 Å². The highest BCUT2D eigenvalue weighted by atomic mass is 35.5. The lowest BCUT2D eigenvalue weighted by atomic mass is 10.0. The van der Waals surface area contributed by atoms with Gasteiger partial charge in [-0.2, -0.15) is 0 Å². The van der Waals surface area contributed by atoms with E-state index < -0.39 is 0 Å². The fraction of sp³-hybridized carbons (Fsp3) is 0.417. The minimum Gasteiger partial charge on any atom is -0.307 e. The zero-order chi connectivity index (χ0) is 11.3. The lowest BCUT2D eigenvalue weighted by Gasteiger charge is -2.14. The standard InChI is InChI=1S/C12H16FNO.ClH/c1-3-11(14-4-2)12(15)9-6-5-7-10(13)8-9;/h5-8,11,14H,3-4H2,1-2H3;1H. The van der Waals surface area contributed by atoms with E-state index in [0.717, 1.165) is 6.54 Å². The predicted octanol–water partition coefficient (Wildman–Crippen LogP) is 2.82. The van der Waals surface area contributed by atoms with Gasteiger partial charge in [0.15, 0.2) is 5.78 Å². The Morgan fingerprint density at radius 3 is 2.62 bits per heavy atom. The molecule has 1 N–H and O–H groups in total. The molecule has 90 valence electrons. The van der Waals surface area contributed by atoms with E-state index in [1.165, 1.54) is 12.1 Å². The van der Waals surface area contributed by atoms with Crippen molar-refractivity contribution in [2.45, 2.75) is 26.3 Å². The molecule has 0 aliphatic rings. The molecular formula is C12H17ClFNO. The average Bonchev–Trinajstić information content (AvgIpc) is 2.25. The molecule has 1 aromatic carbocycles. The summed E-state index contributed by atoms with van der Waals surface area (Å²) in [6, 6.07) is 5.61. The van der Waals surface area contributed by atoms with Crippen LogP contribution in [0.4, 0.5) is 4.39 Å². The third-order valence-electron chi connectivity index (χ3n) is 2.28. The molecule has 16 heavy (non-hydrogen) atoms. The fourth-order valence-electron chi connectivity index (χ4n) is 1.51. The molecule has 0 bridgehead atoms. The second-order valence-electron chi connectivity index (χ2n) is 3.39. The molecule has 0 aliphatic carbocycles. The maximum Gasteiger partial charge on any atom is 0.179 e. The van der Waals surface area contributed by atoms with E-state index in [-0.39, 0.29) is 30.0 Å². The quantitative estimate of drug-likeness (QED) is 0.809. The first-order valence-corrected chi connectivity index (χ1v) is 5.22. The Labute approximate surface area is 102 Å². The Morgan fingerprint density at radius 2 is 2.12 bits per heavy atom. The molecule has 1 unspecified atom stereocenters. The van der Waals surface area contributed by atoms with Crippen LogP contribution < -0.4 is 5.32 Å². The van der Waals surface area contributed by atoms with Gasteiger partial charge in [0.1, 0.15) is 5.82 Å². The summed E-state index contributed by atoms with van der Waals surface area (Å²) in [5, 5.41) is 3.08. The Balaban J connectivity index is 0.00000225. The van der Waals surface area contributed by atoms with Crippen molar-refractivity contribution in [3.63, 3.8) is 0 Å². The van der Waals surface area contributed by atoms with Crippen molar-refractivity contribution >= 4 is 18.2 Å². The highest BCUT2D eigenvalue weighted by Gasteiger charge is 2.16. The normalized spacial score (nSPS) is 11.7. The summed E-state index contributed by atoms with van der Waals surface area (Å²) in [7, 11) is 0. The number of benzene rings is 1. The number of carbonyl (C=O) groups is 1. The Hall–Kier alpha value is -0.930. The Morgan fingerprint density at radius 1 is 1.44 bits per heavy atom. The third kappa shape index (κ3) is 3.91. The molecule has 0 fully saturated rings. The molecule has 0 heterocycles. The minimum atomic E-state index is -0.368. The van der Waals surface area contributed by atoms with Gasteiger partial charge in [-0.25, -0.2) is 4.39 Å². The molecule has 4 heteroatoms. The zero-order valence-electron chi connectivity index (χ0n) is 9.50. The molecule has 0 aromatic heterocycles. The topological polar surface area (TPSA) is 29.1 Å². The van der Waals surface area contributed by atoms with E-state index in [1.54, 1.807) is 12.1 Å².